The van der Waals surface area contributed by atoms with Crippen molar-refractivity contribution in [2.24, 2.45) is 0 Å². The first-order valence-electron chi connectivity index (χ1n) is 4.37. The molecule has 1 aromatic carbocycles. The Hall–Kier alpha value is -1.95. The van der Waals surface area contributed by atoms with Gasteiger partial charge in [-0.25, -0.2) is 4.79 Å². The monoisotopic (exact) mass is 228 g/mol. The van der Waals surface area contributed by atoms with Gasteiger partial charge in [0.25, 0.3) is 0 Å². The highest BCUT2D eigenvalue weighted by Crippen LogP contribution is 2.41. The van der Waals surface area contributed by atoms with Crippen LogP contribution in [0.15, 0.2) is 12.1 Å². The Balaban J connectivity index is 3.29. The van der Waals surface area contributed by atoms with Crippen LogP contribution in [0.1, 0.15) is 11.7 Å². The number of aliphatic hydroxyl groups excluding tert-OH is 1. The van der Waals surface area contributed by atoms with E-state index in [4.69, 9.17) is 14.6 Å². The third kappa shape index (κ3) is 2.01. The second-order valence-corrected chi connectivity index (χ2v) is 2.98. The van der Waals surface area contributed by atoms with E-state index in [9.17, 15) is 15.0 Å². The fraction of sp³-hybridized carbons (Fsp3) is 0.300. The van der Waals surface area contributed by atoms with Crippen LogP contribution in [0.2, 0.25) is 0 Å². The zero-order valence-electron chi connectivity index (χ0n) is 8.80. The van der Waals surface area contributed by atoms with Crippen LogP contribution in [0.25, 0.3) is 0 Å². The van der Waals surface area contributed by atoms with E-state index in [0.717, 1.165) is 0 Å². The highest BCUT2D eigenvalue weighted by molar-refractivity contribution is 5.76. The lowest BCUT2D eigenvalue weighted by atomic mass is 10.1. The van der Waals surface area contributed by atoms with Crippen LogP contribution >= 0.6 is 0 Å². The second-order valence-electron chi connectivity index (χ2n) is 2.98. The number of carbonyl (C=O) groups is 1. The molecule has 0 spiro atoms. The summed E-state index contributed by atoms with van der Waals surface area (Å²) in [6.45, 7) is 0. The molecule has 6 nitrogen and oxygen atoms in total. The molecule has 1 atom stereocenters. The summed E-state index contributed by atoms with van der Waals surface area (Å²) < 4.78 is 9.76. The van der Waals surface area contributed by atoms with Gasteiger partial charge in [0.05, 0.1) is 14.2 Å². The summed E-state index contributed by atoms with van der Waals surface area (Å²) in [7, 11) is 2.68. The van der Waals surface area contributed by atoms with Gasteiger partial charge in [-0.2, -0.15) is 0 Å². The summed E-state index contributed by atoms with van der Waals surface area (Å²) in [6, 6.07) is 2.66. The van der Waals surface area contributed by atoms with Crippen LogP contribution in [0.4, 0.5) is 0 Å². The predicted molar refractivity (Wildman–Crippen MR) is 53.8 cm³/mol. The van der Waals surface area contributed by atoms with E-state index in [1.807, 2.05) is 0 Å². The first kappa shape index (κ1) is 12.1. The SMILES string of the molecule is COc1ccc(C(O)C(=O)O)c(O)c1OC. The fourth-order valence-corrected chi connectivity index (χ4v) is 1.28. The number of phenols is 1. The molecule has 1 aromatic rings. The molecule has 1 unspecified atom stereocenters. The van der Waals surface area contributed by atoms with Crippen molar-refractivity contribution in [3.8, 4) is 17.2 Å². The average molecular weight is 228 g/mol. The number of ether oxygens (including phenoxy) is 2. The van der Waals surface area contributed by atoms with Crippen LogP contribution in [0, 0.1) is 0 Å². The molecule has 0 fully saturated rings. The van der Waals surface area contributed by atoms with Gasteiger partial charge in [-0.15, -0.1) is 0 Å². The Morgan fingerprint density at radius 2 is 1.94 bits per heavy atom. The summed E-state index contributed by atoms with van der Waals surface area (Å²) in [6.07, 6.45) is -1.81. The number of aliphatic carboxylic acids is 1. The van der Waals surface area contributed by atoms with Crippen molar-refractivity contribution in [2.75, 3.05) is 14.2 Å². The third-order valence-electron chi connectivity index (χ3n) is 2.08. The quantitative estimate of drug-likeness (QED) is 0.695. The van der Waals surface area contributed by atoms with E-state index in [-0.39, 0.29) is 17.1 Å². The maximum Gasteiger partial charge on any atom is 0.337 e. The Bertz CT molecular complexity index is 401. The second kappa shape index (κ2) is 4.71. The molecule has 88 valence electrons. The van der Waals surface area contributed by atoms with Gasteiger partial charge in [-0.3, -0.25) is 0 Å². The smallest absolute Gasteiger partial charge is 0.337 e. The summed E-state index contributed by atoms with van der Waals surface area (Å²) >= 11 is 0. The summed E-state index contributed by atoms with van der Waals surface area (Å²) in [5.41, 5.74) is -0.148. The van der Waals surface area contributed by atoms with Crippen molar-refractivity contribution >= 4 is 5.97 Å². The summed E-state index contributed by atoms with van der Waals surface area (Å²) in [5.74, 6) is -1.67. The molecule has 1 rings (SSSR count). The molecule has 0 heterocycles. The minimum atomic E-state index is -1.81. The highest BCUT2D eigenvalue weighted by atomic mass is 16.5. The lowest BCUT2D eigenvalue weighted by molar-refractivity contribution is -0.147. The lowest BCUT2D eigenvalue weighted by Crippen LogP contribution is -2.11. The lowest BCUT2D eigenvalue weighted by Gasteiger charge is -2.14. The Morgan fingerprint density at radius 3 is 2.38 bits per heavy atom. The van der Waals surface area contributed by atoms with Gasteiger partial charge in [-0.05, 0) is 12.1 Å². The molecule has 0 bridgehead atoms. The molecule has 0 saturated heterocycles. The number of benzene rings is 1. The molecule has 0 saturated carbocycles. The Kier molecular flexibility index (Phi) is 3.57. The van der Waals surface area contributed by atoms with Crippen molar-refractivity contribution in [1.82, 2.24) is 0 Å². The van der Waals surface area contributed by atoms with Gasteiger partial charge in [-0.1, -0.05) is 0 Å². The standard InChI is InChI=1S/C10H12O6/c1-15-6-4-3-5(8(12)10(13)14)7(11)9(6)16-2/h3-4,8,11-12H,1-2H3,(H,13,14). The number of rotatable bonds is 4. The molecule has 6 heteroatoms. The van der Waals surface area contributed by atoms with E-state index in [1.165, 1.54) is 26.4 Å². The van der Waals surface area contributed by atoms with Crippen molar-refractivity contribution in [2.45, 2.75) is 6.10 Å². The van der Waals surface area contributed by atoms with Gasteiger partial charge in [0.2, 0.25) is 5.75 Å². The first-order chi connectivity index (χ1) is 7.52. The third-order valence-corrected chi connectivity index (χ3v) is 2.08. The molecular weight excluding hydrogens is 216 g/mol. The van der Waals surface area contributed by atoms with Crippen molar-refractivity contribution < 1.29 is 29.6 Å². The Labute approximate surface area is 91.7 Å². The van der Waals surface area contributed by atoms with Gasteiger partial charge in [0.1, 0.15) is 0 Å². The molecule has 0 amide bonds. The van der Waals surface area contributed by atoms with E-state index in [1.54, 1.807) is 0 Å². The topological polar surface area (TPSA) is 96.2 Å². The molecule has 0 aliphatic heterocycles. The molecule has 0 aliphatic carbocycles. The van der Waals surface area contributed by atoms with E-state index in [2.05, 4.69) is 0 Å². The highest BCUT2D eigenvalue weighted by Gasteiger charge is 2.23. The minimum Gasteiger partial charge on any atom is -0.504 e. The zero-order chi connectivity index (χ0) is 12.3. The number of phenolic OH excluding ortho intramolecular Hbond substituents is 1. The molecule has 3 N–H and O–H groups in total. The molecule has 0 aromatic heterocycles. The van der Waals surface area contributed by atoms with Crippen LogP contribution in [0.3, 0.4) is 0 Å². The molecule has 16 heavy (non-hydrogen) atoms. The number of hydrogen-bond acceptors (Lipinski definition) is 5. The zero-order valence-corrected chi connectivity index (χ0v) is 8.80. The number of methoxy groups -OCH3 is 2. The van der Waals surface area contributed by atoms with E-state index >= 15 is 0 Å². The van der Waals surface area contributed by atoms with Crippen LogP contribution in [-0.4, -0.2) is 35.5 Å². The fourth-order valence-electron chi connectivity index (χ4n) is 1.28. The normalized spacial score (nSPS) is 11.9. The number of carboxylic acid groups (broad SMARTS) is 1. The van der Waals surface area contributed by atoms with Crippen molar-refractivity contribution in [3.05, 3.63) is 17.7 Å². The summed E-state index contributed by atoms with van der Waals surface area (Å²) in [5, 5.41) is 27.6. The number of aromatic hydroxyl groups is 1. The number of hydrogen-bond donors (Lipinski definition) is 3. The predicted octanol–water partition coefficient (Wildman–Crippen LogP) is 0.527. The van der Waals surface area contributed by atoms with E-state index < -0.39 is 17.8 Å². The van der Waals surface area contributed by atoms with Gasteiger partial charge < -0.3 is 24.8 Å². The first-order valence-corrected chi connectivity index (χ1v) is 4.37. The van der Waals surface area contributed by atoms with Gasteiger partial charge in [0.15, 0.2) is 17.6 Å². The maximum absolute atomic E-state index is 10.6. The molecular formula is C10H12O6. The summed E-state index contributed by atoms with van der Waals surface area (Å²) in [4.78, 5) is 10.6. The van der Waals surface area contributed by atoms with Crippen LogP contribution in [0.5, 0.6) is 17.2 Å². The maximum atomic E-state index is 10.6. The van der Waals surface area contributed by atoms with Gasteiger partial charge >= 0.3 is 5.97 Å². The van der Waals surface area contributed by atoms with Crippen LogP contribution in [-0.2, 0) is 4.79 Å². The molecule has 0 aliphatic rings. The van der Waals surface area contributed by atoms with Crippen molar-refractivity contribution in [3.63, 3.8) is 0 Å². The largest absolute Gasteiger partial charge is 0.504 e. The molecule has 0 radical (unpaired) electrons. The van der Waals surface area contributed by atoms with Crippen LogP contribution < -0.4 is 9.47 Å². The van der Waals surface area contributed by atoms with Gasteiger partial charge in [0, 0.05) is 5.56 Å². The number of carboxylic acids is 1. The van der Waals surface area contributed by atoms with E-state index in [0.29, 0.717) is 0 Å². The minimum absolute atomic E-state index is 0.0136. The Morgan fingerprint density at radius 1 is 1.31 bits per heavy atom. The van der Waals surface area contributed by atoms with Crippen molar-refractivity contribution in [1.29, 1.82) is 0 Å². The average Bonchev–Trinajstić information content (AvgIpc) is 2.27. The number of aliphatic hydroxyl groups is 1.